The van der Waals surface area contributed by atoms with Crippen molar-refractivity contribution in [2.24, 2.45) is 0 Å². The Kier molecular flexibility index (Phi) is 4.78. The van der Waals surface area contributed by atoms with E-state index in [1.54, 1.807) is 0 Å². The summed E-state index contributed by atoms with van der Waals surface area (Å²) in [6, 6.07) is 6.26. The molecular formula is C14H19BrN2O. The molecule has 1 aliphatic rings. The lowest BCUT2D eigenvalue weighted by Gasteiger charge is -2.23. The molecule has 0 aliphatic carbocycles. The number of hydrogen-bond donors (Lipinski definition) is 2. The standard InChI is InChI=1S/C14H19BrN2O/c1-10-5-6-11(15)8-13(10)17-14(18)9-12-4-2-3-7-16-12/h5-6,8,12,16H,2-4,7,9H2,1H3,(H,17,18). The molecule has 1 aliphatic heterocycles. The van der Waals surface area contributed by atoms with Crippen molar-refractivity contribution in [3.63, 3.8) is 0 Å². The molecular weight excluding hydrogens is 292 g/mol. The van der Waals surface area contributed by atoms with Gasteiger partial charge in [0.05, 0.1) is 0 Å². The van der Waals surface area contributed by atoms with E-state index in [0.717, 1.165) is 28.7 Å². The van der Waals surface area contributed by atoms with Crippen molar-refractivity contribution in [2.45, 2.75) is 38.6 Å². The average molecular weight is 311 g/mol. The van der Waals surface area contributed by atoms with Crippen LogP contribution in [0.3, 0.4) is 0 Å². The lowest BCUT2D eigenvalue weighted by Crippen LogP contribution is -2.37. The Labute approximate surface area is 116 Å². The van der Waals surface area contributed by atoms with Gasteiger partial charge in [0.15, 0.2) is 0 Å². The van der Waals surface area contributed by atoms with Crippen LogP contribution < -0.4 is 10.6 Å². The SMILES string of the molecule is Cc1ccc(Br)cc1NC(=O)CC1CCCCN1. The number of halogens is 1. The molecule has 0 spiro atoms. The second kappa shape index (κ2) is 6.34. The maximum Gasteiger partial charge on any atom is 0.225 e. The van der Waals surface area contributed by atoms with E-state index in [0.29, 0.717) is 12.5 Å². The van der Waals surface area contributed by atoms with Crippen LogP contribution in [0.5, 0.6) is 0 Å². The summed E-state index contributed by atoms with van der Waals surface area (Å²) < 4.78 is 0.985. The number of amides is 1. The van der Waals surface area contributed by atoms with E-state index >= 15 is 0 Å². The first-order chi connectivity index (χ1) is 8.65. The minimum absolute atomic E-state index is 0.0931. The monoisotopic (exact) mass is 310 g/mol. The summed E-state index contributed by atoms with van der Waals surface area (Å²) >= 11 is 3.42. The molecule has 0 radical (unpaired) electrons. The first-order valence-corrected chi connectivity index (χ1v) is 7.24. The highest BCUT2D eigenvalue weighted by atomic mass is 79.9. The molecule has 1 heterocycles. The van der Waals surface area contributed by atoms with E-state index in [-0.39, 0.29) is 5.91 Å². The predicted molar refractivity (Wildman–Crippen MR) is 77.8 cm³/mol. The number of benzene rings is 1. The minimum Gasteiger partial charge on any atom is -0.326 e. The van der Waals surface area contributed by atoms with Crippen LogP contribution in [0.15, 0.2) is 22.7 Å². The number of aryl methyl sites for hydroxylation is 1. The number of nitrogens with one attached hydrogen (secondary N) is 2. The third kappa shape index (κ3) is 3.82. The van der Waals surface area contributed by atoms with E-state index in [1.165, 1.54) is 12.8 Å². The molecule has 4 heteroatoms. The fourth-order valence-corrected chi connectivity index (χ4v) is 2.61. The average Bonchev–Trinajstić information content (AvgIpc) is 2.35. The first-order valence-electron chi connectivity index (χ1n) is 6.44. The number of carbonyl (C=O) groups excluding carboxylic acids is 1. The van der Waals surface area contributed by atoms with E-state index in [4.69, 9.17) is 0 Å². The third-order valence-corrected chi connectivity index (χ3v) is 3.81. The number of rotatable bonds is 3. The molecule has 1 unspecified atom stereocenters. The molecule has 1 aromatic rings. The molecule has 0 bridgehead atoms. The van der Waals surface area contributed by atoms with Crippen molar-refractivity contribution in [3.05, 3.63) is 28.2 Å². The second-order valence-electron chi connectivity index (χ2n) is 4.86. The maximum absolute atomic E-state index is 12.0. The summed E-state index contributed by atoms with van der Waals surface area (Å²) in [5.74, 6) is 0.0931. The normalized spacial score (nSPS) is 19.6. The summed E-state index contributed by atoms with van der Waals surface area (Å²) in [5.41, 5.74) is 1.98. The van der Waals surface area contributed by atoms with Crippen LogP contribution in [0, 0.1) is 6.92 Å². The topological polar surface area (TPSA) is 41.1 Å². The minimum atomic E-state index is 0.0931. The summed E-state index contributed by atoms with van der Waals surface area (Å²) in [7, 11) is 0. The molecule has 1 saturated heterocycles. The Morgan fingerprint density at radius 2 is 2.33 bits per heavy atom. The van der Waals surface area contributed by atoms with Gasteiger partial charge in [-0.1, -0.05) is 28.4 Å². The summed E-state index contributed by atoms with van der Waals surface area (Å²) in [4.78, 5) is 12.0. The molecule has 1 amide bonds. The van der Waals surface area contributed by atoms with Gasteiger partial charge in [0.1, 0.15) is 0 Å². The number of carbonyl (C=O) groups is 1. The Bertz CT molecular complexity index is 428. The molecule has 0 saturated carbocycles. The van der Waals surface area contributed by atoms with E-state index in [1.807, 2.05) is 25.1 Å². The molecule has 1 aromatic carbocycles. The summed E-state index contributed by atoms with van der Waals surface area (Å²) in [6.07, 6.45) is 4.11. The van der Waals surface area contributed by atoms with Crippen molar-refractivity contribution >= 4 is 27.5 Å². The molecule has 98 valence electrons. The van der Waals surface area contributed by atoms with Gasteiger partial charge < -0.3 is 10.6 Å². The first kappa shape index (κ1) is 13.6. The van der Waals surface area contributed by atoms with Crippen LogP contribution in [0.2, 0.25) is 0 Å². The van der Waals surface area contributed by atoms with Crippen LogP contribution in [0.1, 0.15) is 31.2 Å². The molecule has 18 heavy (non-hydrogen) atoms. The highest BCUT2D eigenvalue weighted by Gasteiger charge is 2.16. The van der Waals surface area contributed by atoms with Gasteiger partial charge in [0.25, 0.3) is 0 Å². The van der Waals surface area contributed by atoms with Gasteiger partial charge in [-0.05, 0) is 44.0 Å². The van der Waals surface area contributed by atoms with E-state index in [9.17, 15) is 4.79 Å². The lowest BCUT2D eigenvalue weighted by molar-refractivity contribution is -0.116. The van der Waals surface area contributed by atoms with Crippen LogP contribution >= 0.6 is 15.9 Å². The van der Waals surface area contributed by atoms with E-state index in [2.05, 4.69) is 26.6 Å². The Hall–Kier alpha value is -0.870. The summed E-state index contributed by atoms with van der Waals surface area (Å²) in [5, 5.41) is 6.38. The molecule has 0 aromatic heterocycles. The molecule has 2 N–H and O–H groups in total. The van der Waals surface area contributed by atoms with Crippen molar-refractivity contribution < 1.29 is 4.79 Å². The van der Waals surface area contributed by atoms with Gasteiger partial charge in [-0.2, -0.15) is 0 Å². The zero-order valence-electron chi connectivity index (χ0n) is 10.6. The fourth-order valence-electron chi connectivity index (χ4n) is 2.25. The number of hydrogen-bond acceptors (Lipinski definition) is 2. The van der Waals surface area contributed by atoms with Gasteiger partial charge in [0, 0.05) is 22.6 Å². The van der Waals surface area contributed by atoms with Crippen molar-refractivity contribution in [1.29, 1.82) is 0 Å². The van der Waals surface area contributed by atoms with Gasteiger partial charge in [-0.25, -0.2) is 0 Å². The van der Waals surface area contributed by atoms with Crippen LogP contribution in [0.25, 0.3) is 0 Å². The third-order valence-electron chi connectivity index (χ3n) is 3.32. The van der Waals surface area contributed by atoms with Gasteiger partial charge in [-0.3, -0.25) is 4.79 Å². The molecule has 2 rings (SSSR count). The van der Waals surface area contributed by atoms with E-state index < -0.39 is 0 Å². The molecule has 3 nitrogen and oxygen atoms in total. The van der Waals surface area contributed by atoms with Gasteiger partial charge >= 0.3 is 0 Å². The van der Waals surface area contributed by atoms with Crippen molar-refractivity contribution in [3.8, 4) is 0 Å². The second-order valence-corrected chi connectivity index (χ2v) is 5.77. The molecule has 1 fully saturated rings. The highest BCUT2D eigenvalue weighted by Crippen LogP contribution is 2.21. The Morgan fingerprint density at radius 3 is 3.06 bits per heavy atom. The van der Waals surface area contributed by atoms with Gasteiger partial charge in [-0.15, -0.1) is 0 Å². The smallest absolute Gasteiger partial charge is 0.225 e. The van der Waals surface area contributed by atoms with Crippen LogP contribution in [-0.4, -0.2) is 18.5 Å². The van der Waals surface area contributed by atoms with Crippen LogP contribution in [0.4, 0.5) is 5.69 Å². The van der Waals surface area contributed by atoms with Crippen LogP contribution in [-0.2, 0) is 4.79 Å². The predicted octanol–water partition coefficient (Wildman–Crippen LogP) is 3.23. The lowest BCUT2D eigenvalue weighted by atomic mass is 10.0. The fraction of sp³-hybridized carbons (Fsp3) is 0.500. The molecule has 1 atom stereocenters. The summed E-state index contributed by atoms with van der Waals surface area (Å²) in [6.45, 7) is 3.04. The van der Waals surface area contributed by atoms with Gasteiger partial charge in [0.2, 0.25) is 5.91 Å². The zero-order valence-corrected chi connectivity index (χ0v) is 12.2. The van der Waals surface area contributed by atoms with Crippen molar-refractivity contribution in [2.75, 3.05) is 11.9 Å². The largest absolute Gasteiger partial charge is 0.326 e. The number of piperidine rings is 1. The Balaban J connectivity index is 1.92. The quantitative estimate of drug-likeness (QED) is 0.900. The zero-order chi connectivity index (χ0) is 13.0. The van der Waals surface area contributed by atoms with Crippen molar-refractivity contribution in [1.82, 2.24) is 5.32 Å². The maximum atomic E-state index is 12.0. The Morgan fingerprint density at radius 1 is 1.50 bits per heavy atom. The highest BCUT2D eigenvalue weighted by molar-refractivity contribution is 9.10. The number of anilines is 1.